The molecule has 5 nitrogen and oxygen atoms in total. The quantitative estimate of drug-likeness (QED) is 0.792. The van der Waals surface area contributed by atoms with Crippen molar-refractivity contribution in [1.82, 2.24) is 9.55 Å². The molecule has 4 saturated carbocycles. The van der Waals surface area contributed by atoms with E-state index in [0.29, 0.717) is 5.82 Å². The second-order valence-corrected chi connectivity index (χ2v) is 6.84. The van der Waals surface area contributed by atoms with E-state index in [4.69, 9.17) is 5.73 Å². The maximum absolute atomic E-state index is 12.2. The lowest BCUT2D eigenvalue weighted by molar-refractivity contribution is -0.0443. The van der Waals surface area contributed by atoms with E-state index in [9.17, 15) is 9.59 Å². The van der Waals surface area contributed by atoms with E-state index in [1.807, 2.05) is 0 Å². The first-order valence-electron chi connectivity index (χ1n) is 7.18. The van der Waals surface area contributed by atoms with Crippen LogP contribution in [-0.4, -0.2) is 9.55 Å². The molecule has 4 aliphatic rings. The van der Waals surface area contributed by atoms with E-state index in [1.165, 1.54) is 25.3 Å². The number of nitrogens with one attached hydrogen (secondary N) is 1. The number of hydrogen-bond acceptors (Lipinski definition) is 3. The molecule has 0 unspecified atom stereocenters. The number of H-pyrrole nitrogens is 1. The number of nitrogens with two attached hydrogens (primary N) is 1. The monoisotopic (exact) mass is 261 g/mol. The van der Waals surface area contributed by atoms with Gasteiger partial charge >= 0.3 is 5.69 Å². The van der Waals surface area contributed by atoms with Crippen molar-refractivity contribution < 1.29 is 0 Å². The van der Waals surface area contributed by atoms with E-state index in [2.05, 4.69) is 4.98 Å². The number of aromatic amines is 1. The number of rotatable bonds is 1. The van der Waals surface area contributed by atoms with Crippen LogP contribution in [0, 0.1) is 17.8 Å². The predicted octanol–water partition coefficient (Wildman–Crippen LogP) is 1.04. The minimum atomic E-state index is -0.400. The number of hydrogen-bond donors (Lipinski definition) is 2. The Labute approximate surface area is 110 Å². The molecule has 5 rings (SSSR count). The van der Waals surface area contributed by atoms with Crippen LogP contribution in [0.3, 0.4) is 0 Å². The molecule has 5 heteroatoms. The summed E-state index contributed by atoms with van der Waals surface area (Å²) in [5.74, 6) is 2.55. The minimum Gasteiger partial charge on any atom is -0.385 e. The molecule has 4 aliphatic carbocycles. The Bertz CT molecular complexity index is 608. The fourth-order valence-corrected chi connectivity index (χ4v) is 5.34. The fraction of sp³-hybridized carbons (Fsp3) is 0.714. The van der Waals surface area contributed by atoms with Crippen LogP contribution < -0.4 is 17.0 Å². The summed E-state index contributed by atoms with van der Waals surface area (Å²) < 4.78 is 1.69. The van der Waals surface area contributed by atoms with E-state index in [-0.39, 0.29) is 11.2 Å². The molecule has 4 bridgehead atoms. The van der Waals surface area contributed by atoms with Crippen molar-refractivity contribution in [2.45, 2.75) is 44.1 Å². The third-order valence-electron chi connectivity index (χ3n) is 5.45. The SMILES string of the molecule is Nc1cc(=O)[nH]c(=O)n1C12CC3CC(CC(C3)C1)C2. The van der Waals surface area contributed by atoms with Crippen LogP contribution in [-0.2, 0) is 5.54 Å². The van der Waals surface area contributed by atoms with Gasteiger partial charge in [0, 0.05) is 6.07 Å². The molecule has 0 spiro atoms. The van der Waals surface area contributed by atoms with Gasteiger partial charge in [0.25, 0.3) is 5.56 Å². The molecule has 0 amide bonds. The summed E-state index contributed by atoms with van der Waals surface area (Å²) >= 11 is 0. The first-order chi connectivity index (χ1) is 9.06. The number of aromatic nitrogens is 2. The highest BCUT2D eigenvalue weighted by Gasteiger charge is 2.52. The lowest BCUT2D eigenvalue weighted by Crippen LogP contribution is -2.56. The molecule has 0 atom stereocenters. The first-order valence-corrected chi connectivity index (χ1v) is 7.18. The summed E-state index contributed by atoms with van der Waals surface area (Å²) in [7, 11) is 0. The summed E-state index contributed by atoms with van der Waals surface area (Å²) in [5, 5.41) is 0. The Balaban J connectivity index is 1.88. The van der Waals surface area contributed by atoms with Crippen molar-refractivity contribution in [2.24, 2.45) is 17.8 Å². The standard InChI is InChI=1S/C14H19N3O2/c15-11-4-12(18)16-13(19)17(11)14-5-8-1-9(6-14)3-10(2-8)7-14/h4,8-10H,1-3,5-7,15H2,(H,16,18,19). The van der Waals surface area contributed by atoms with Crippen LogP contribution in [0.1, 0.15) is 38.5 Å². The maximum Gasteiger partial charge on any atom is 0.330 e. The number of nitrogen functional groups attached to an aromatic ring is 1. The summed E-state index contributed by atoms with van der Waals surface area (Å²) in [6.07, 6.45) is 7.10. The lowest BCUT2D eigenvalue weighted by Gasteiger charge is -2.57. The van der Waals surface area contributed by atoms with Gasteiger partial charge in [0.15, 0.2) is 0 Å². The van der Waals surface area contributed by atoms with Gasteiger partial charge in [-0.05, 0) is 56.3 Å². The van der Waals surface area contributed by atoms with Crippen LogP contribution in [0.25, 0.3) is 0 Å². The summed E-state index contributed by atoms with van der Waals surface area (Å²) in [6.45, 7) is 0. The molecule has 102 valence electrons. The van der Waals surface area contributed by atoms with E-state index in [0.717, 1.165) is 37.0 Å². The maximum atomic E-state index is 12.2. The molecule has 0 aromatic carbocycles. The molecule has 0 saturated heterocycles. The lowest BCUT2D eigenvalue weighted by atomic mass is 9.53. The van der Waals surface area contributed by atoms with Crippen molar-refractivity contribution in [3.63, 3.8) is 0 Å². The van der Waals surface area contributed by atoms with Crippen LogP contribution in [0.4, 0.5) is 5.82 Å². The Kier molecular flexibility index (Phi) is 2.10. The van der Waals surface area contributed by atoms with E-state index in [1.54, 1.807) is 4.57 Å². The molecule has 19 heavy (non-hydrogen) atoms. The molecular weight excluding hydrogens is 242 g/mol. The number of anilines is 1. The molecular formula is C14H19N3O2. The van der Waals surface area contributed by atoms with Crippen molar-refractivity contribution in [1.29, 1.82) is 0 Å². The van der Waals surface area contributed by atoms with Gasteiger partial charge in [-0.3, -0.25) is 14.3 Å². The van der Waals surface area contributed by atoms with Gasteiger partial charge in [0.2, 0.25) is 0 Å². The summed E-state index contributed by atoms with van der Waals surface area (Å²) in [6, 6.07) is 1.35. The van der Waals surface area contributed by atoms with Crippen LogP contribution in [0.5, 0.6) is 0 Å². The minimum absolute atomic E-state index is 0.125. The zero-order chi connectivity index (χ0) is 13.2. The largest absolute Gasteiger partial charge is 0.385 e. The smallest absolute Gasteiger partial charge is 0.330 e. The van der Waals surface area contributed by atoms with Crippen LogP contribution >= 0.6 is 0 Å². The van der Waals surface area contributed by atoms with Crippen molar-refractivity contribution in [3.8, 4) is 0 Å². The van der Waals surface area contributed by atoms with Crippen molar-refractivity contribution in [3.05, 3.63) is 26.9 Å². The molecule has 1 heterocycles. The molecule has 3 N–H and O–H groups in total. The fourth-order valence-electron chi connectivity index (χ4n) is 5.34. The summed E-state index contributed by atoms with van der Waals surface area (Å²) in [5.41, 5.74) is 5.14. The molecule has 0 radical (unpaired) electrons. The highest BCUT2D eigenvalue weighted by Crippen LogP contribution is 2.58. The Morgan fingerprint density at radius 2 is 1.63 bits per heavy atom. The van der Waals surface area contributed by atoms with Gasteiger partial charge in [-0.15, -0.1) is 0 Å². The first kappa shape index (κ1) is 11.3. The van der Waals surface area contributed by atoms with Crippen molar-refractivity contribution in [2.75, 3.05) is 5.73 Å². The van der Waals surface area contributed by atoms with Gasteiger partial charge in [0.05, 0.1) is 5.54 Å². The van der Waals surface area contributed by atoms with Crippen molar-refractivity contribution >= 4 is 5.82 Å². The van der Waals surface area contributed by atoms with Crippen LogP contribution in [0.15, 0.2) is 15.7 Å². The topological polar surface area (TPSA) is 80.9 Å². The molecule has 1 aromatic rings. The molecule has 1 aromatic heterocycles. The average molecular weight is 261 g/mol. The second-order valence-electron chi connectivity index (χ2n) is 6.84. The highest BCUT2D eigenvalue weighted by molar-refractivity contribution is 5.29. The van der Waals surface area contributed by atoms with E-state index < -0.39 is 5.56 Å². The third kappa shape index (κ3) is 1.53. The average Bonchev–Trinajstić information content (AvgIpc) is 2.24. The zero-order valence-electron chi connectivity index (χ0n) is 10.9. The predicted molar refractivity (Wildman–Crippen MR) is 71.9 cm³/mol. The Hall–Kier alpha value is -1.52. The summed E-state index contributed by atoms with van der Waals surface area (Å²) in [4.78, 5) is 25.9. The number of nitrogens with zero attached hydrogens (tertiary/aromatic N) is 1. The zero-order valence-corrected chi connectivity index (χ0v) is 10.9. The van der Waals surface area contributed by atoms with Gasteiger partial charge in [-0.1, -0.05) is 0 Å². The van der Waals surface area contributed by atoms with Gasteiger partial charge in [0.1, 0.15) is 5.82 Å². The molecule has 0 aliphatic heterocycles. The third-order valence-corrected chi connectivity index (χ3v) is 5.45. The second kappa shape index (κ2) is 3.52. The molecule has 4 fully saturated rings. The van der Waals surface area contributed by atoms with E-state index >= 15 is 0 Å². The van der Waals surface area contributed by atoms with Crippen LogP contribution in [0.2, 0.25) is 0 Å². The van der Waals surface area contributed by atoms with Gasteiger partial charge in [-0.2, -0.15) is 0 Å². The van der Waals surface area contributed by atoms with Gasteiger partial charge in [-0.25, -0.2) is 4.79 Å². The van der Waals surface area contributed by atoms with Gasteiger partial charge < -0.3 is 5.73 Å². The Morgan fingerprint density at radius 3 is 2.11 bits per heavy atom. The normalized spacial score (nSPS) is 39.7. The Morgan fingerprint density at radius 1 is 1.11 bits per heavy atom. The highest BCUT2D eigenvalue weighted by atomic mass is 16.2.